The van der Waals surface area contributed by atoms with E-state index in [0.717, 1.165) is 24.5 Å². The van der Waals surface area contributed by atoms with Crippen molar-refractivity contribution in [2.24, 2.45) is 4.99 Å². The fourth-order valence-corrected chi connectivity index (χ4v) is 5.58. The SMILES string of the molecule is COC1CC(N2C(=O)C[C@@](C)(c3cccc(NC(=O)c4cncn4CC(F)(F)F)c3Cl)N/C2=N\C(=O)O)CCC1(F)F. The van der Waals surface area contributed by atoms with Crippen molar-refractivity contribution in [1.82, 2.24) is 19.8 Å². The number of aliphatic imine (C=N–C) groups is 1. The van der Waals surface area contributed by atoms with E-state index in [2.05, 4.69) is 20.6 Å². The van der Waals surface area contributed by atoms with Crippen LogP contribution in [0.2, 0.25) is 5.02 Å². The summed E-state index contributed by atoms with van der Waals surface area (Å²) < 4.78 is 72.7. The molecule has 1 aromatic carbocycles. The average Bonchev–Trinajstić information content (AvgIpc) is 3.31. The van der Waals surface area contributed by atoms with E-state index < -0.39 is 66.6 Å². The van der Waals surface area contributed by atoms with Crippen LogP contribution in [0, 0.1) is 0 Å². The molecule has 11 nitrogen and oxygen atoms in total. The van der Waals surface area contributed by atoms with Crippen molar-refractivity contribution in [1.29, 1.82) is 0 Å². The number of carbonyl (C=O) groups excluding carboxylic acids is 2. The van der Waals surface area contributed by atoms with Gasteiger partial charge in [-0.1, -0.05) is 23.7 Å². The fourth-order valence-electron chi connectivity index (χ4n) is 5.20. The Labute approximate surface area is 240 Å². The van der Waals surface area contributed by atoms with Crippen LogP contribution in [0.1, 0.15) is 48.7 Å². The van der Waals surface area contributed by atoms with Gasteiger partial charge in [-0.3, -0.25) is 14.5 Å². The molecule has 1 saturated carbocycles. The van der Waals surface area contributed by atoms with Gasteiger partial charge in [0, 0.05) is 26.0 Å². The van der Waals surface area contributed by atoms with E-state index in [9.17, 15) is 41.4 Å². The van der Waals surface area contributed by atoms with Crippen molar-refractivity contribution in [3.05, 3.63) is 47.0 Å². The molecule has 0 spiro atoms. The minimum Gasteiger partial charge on any atom is -0.463 e. The third-order valence-corrected chi connectivity index (χ3v) is 7.55. The number of nitrogens with zero attached hydrogens (tertiary/aromatic N) is 4. The number of benzene rings is 1. The standard InChI is InChI=1S/C25H26ClF5N6O5/c1-23(9-18(38)37(21(35-23)34-22(40)41)13-6-7-24(27,28)17(8-13)42-2)14-4-3-5-15(19(14)26)33-20(39)16-10-32-12-36(16)11-25(29,30)31/h3-5,10,12-13,17H,6-9,11H2,1-2H3,(H,33,39)(H,34,35)(H,40,41)/t13?,17?,23-/m0/s1. The molecule has 42 heavy (non-hydrogen) atoms. The number of guanidine groups is 1. The third-order valence-electron chi connectivity index (χ3n) is 7.14. The highest BCUT2D eigenvalue weighted by Gasteiger charge is 2.50. The monoisotopic (exact) mass is 620 g/mol. The van der Waals surface area contributed by atoms with Crippen molar-refractivity contribution < 1.29 is 46.2 Å². The zero-order valence-corrected chi connectivity index (χ0v) is 23.0. The number of anilines is 1. The molecule has 2 aromatic rings. The van der Waals surface area contributed by atoms with Crippen molar-refractivity contribution in [2.45, 2.75) is 68.9 Å². The average molecular weight is 621 g/mol. The molecule has 1 aliphatic carbocycles. The van der Waals surface area contributed by atoms with E-state index in [-0.39, 0.29) is 41.2 Å². The summed E-state index contributed by atoms with van der Waals surface area (Å²) in [6, 6.07) is 3.52. The molecule has 2 heterocycles. The lowest BCUT2D eigenvalue weighted by Crippen LogP contribution is -2.64. The molecule has 3 amide bonds. The lowest BCUT2D eigenvalue weighted by Gasteiger charge is -2.47. The predicted octanol–water partition coefficient (Wildman–Crippen LogP) is 4.63. The van der Waals surface area contributed by atoms with Gasteiger partial charge >= 0.3 is 12.3 Å². The Balaban J connectivity index is 1.62. The second kappa shape index (κ2) is 11.5. The number of rotatable bonds is 6. The quantitative estimate of drug-likeness (QED) is 0.401. The minimum absolute atomic E-state index is 0.00833. The number of nitrogens with one attached hydrogen (secondary N) is 2. The summed E-state index contributed by atoms with van der Waals surface area (Å²) in [5.74, 6) is -5.08. The van der Waals surface area contributed by atoms with Crippen LogP contribution in [0.3, 0.4) is 0 Å². The molecule has 1 saturated heterocycles. The van der Waals surface area contributed by atoms with Crippen molar-refractivity contribution in [3.8, 4) is 0 Å². The van der Waals surface area contributed by atoms with E-state index in [0.29, 0.717) is 4.57 Å². The normalized spacial score (nSPS) is 25.3. The number of methoxy groups -OCH3 is 1. The smallest absolute Gasteiger partial charge is 0.434 e. The lowest BCUT2D eigenvalue weighted by atomic mass is 9.83. The first-order valence-electron chi connectivity index (χ1n) is 12.5. The van der Waals surface area contributed by atoms with Crippen molar-refractivity contribution in [2.75, 3.05) is 12.4 Å². The highest BCUT2D eigenvalue weighted by atomic mass is 35.5. The summed E-state index contributed by atoms with van der Waals surface area (Å²) in [6.45, 7) is 0.0807. The summed E-state index contributed by atoms with van der Waals surface area (Å²) in [4.78, 5) is 46.0. The number of hydrogen-bond donors (Lipinski definition) is 3. The molecule has 0 bridgehead atoms. The van der Waals surface area contributed by atoms with Crippen LogP contribution >= 0.6 is 11.6 Å². The first-order chi connectivity index (χ1) is 19.5. The second-order valence-electron chi connectivity index (χ2n) is 10.2. The zero-order valence-electron chi connectivity index (χ0n) is 22.2. The Kier molecular flexibility index (Phi) is 8.51. The summed E-state index contributed by atoms with van der Waals surface area (Å²) in [5.41, 5.74) is -1.56. The number of halogens is 6. The fraction of sp³-hybridized carbons (Fsp3) is 0.480. The molecular weight excluding hydrogens is 595 g/mol. The van der Waals surface area contributed by atoms with Gasteiger partial charge in [0.2, 0.25) is 11.9 Å². The van der Waals surface area contributed by atoms with Gasteiger partial charge in [-0.05, 0) is 25.0 Å². The van der Waals surface area contributed by atoms with Crippen molar-refractivity contribution >= 4 is 41.2 Å². The van der Waals surface area contributed by atoms with Gasteiger partial charge in [0.1, 0.15) is 18.3 Å². The highest BCUT2D eigenvalue weighted by Crippen LogP contribution is 2.41. The number of aromatic nitrogens is 2. The molecule has 2 fully saturated rings. The molecule has 0 radical (unpaired) electrons. The first-order valence-corrected chi connectivity index (χ1v) is 12.9. The van der Waals surface area contributed by atoms with Crippen LogP contribution < -0.4 is 10.6 Å². The lowest BCUT2D eigenvalue weighted by molar-refractivity contribution is -0.161. The summed E-state index contributed by atoms with van der Waals surface area (Å²) >= 11 is 6.60. The maximum atomic E-state index is 14.2. The Hall–Kier alpha value is -3.79. The van der Waals surface area contributed by atoms with Crippen LogP contribution in [0.15, 0.2) is 35.7 Å². The third kappa shape index (κ3) is 6.48. The summed E-state index contributed by atoms with van der Waals surface area (Å²) in [6.07, 6.45) is -7.23. The Morgan fingerprint density at radius 1 is 1.33 bits per heavy atom. The number of carbonyl (C=O) groups is 3. The van der Waals surface area contributed by atoms with E-state index in [1.807, 2.05) is 0 Å². The van der Waals surface area contributed by atoms with E-state index >= 15 is 0 Å². The van der Waals surface area contributed by atoms with Gasteiger partial charge in [-0.25, -0.2) is 18.6 Å². The molecule has 4 rings (SSSR count). The molecule has 2 unspecified atom stereocenters. The molecule has 3 atom stereocenters. The van der Waals surface area contributed by atoms with Gasteiger partial charge in [0.15, 0.2) is 0 Å². The number of ether oxygens (including phenoxy) is 1. The molecule has 3 N–H and O–H groups in total. The van der Waals surface area contributed by atoms with Crippen LogP contribution in [-0.2, 0) is 21.6 Å². The number of hydrogen-bond acceptors (Lipinski definition) is 5. The van der Waals surface area contributed by atoms with Gasteiger partial charge in [-0.2, -0.15) is 13.2 Å². The predicted molar refractivity (Wildman–Crippen MR) is 138 cm³/mol. The number of imidazole rings is 1. The molecule has 1 aromatic heterocycles. The van der Waals surface area contributed by atoms with Gasteiger partial charge < -0.3 is 25.0 Å². The van der Waals surface area contributed by atoms with Crippen LogP contribution in [0.25, 0.3) is 0 Å². The zero-order chi connectivity index (χ0) is 31.0. The number of carboxylic acid groups (broad SMARTS) is 1. The second-order valence-corrected chi connectivity index (χ2v) is 10.6. The van der Waals surface area contributed by atoms with Gasteiger partial charge in [0.25, 0.3) is 11.8 Å². The summed E-state index contributed by atoms with van der Waals surface area (Å²) in [5, 5.41) is 14.7. The maximum absolute atomic E-state index is 14.2. The Morgan fingerprint density at radius 2 is 2.05 bits per heavy atom. The van der Waals surface area contributed by atoms with Crippen LogP contribution in [-0.4, -0.2) is 74.8 Å². The molecule has 2 aliphatic rings. The number of amides is 3. The minimum atomic E-state index is -4.60. The van der Waals surface area contributed by atoms with Gasteiger partial charge in [-0.15, -0.1) is 4.99 Å². The highest BCUT2D eigenvalue weighted by molar-refractivity contribution is 6.35. The summed E-state index contributed by atoms with van der Waals surface area (Å²) in [7, 11) is 1.12. The van der Waals surface area contributed by atoms with E-state index in [1.54, 1.807) is 0 Å². The largest absolute Gasteiger partial charge is 0.463 e. The Bertz CT molecular complexity index is 1420. The van der Waals surface area contributed by atoms with E-state index in [4.69, 9.17) is 16.3 Å². The number of alkyl halides is 5. The maximum Gasteiger partial charge on any atom is 0.434 e. The molecule has 228 valence electrons. The van der Waals surface area contributed by atoms with Crippen LogP contribution in [0.5, 0.6) is 0 Å². The first kappa shape index (κ1) is 31.2. The topological polar surface area (TPSA) is 138 Å². The van der Waals surface area contributed by atoms with Crippen LogP contribution in [0.4, 0.5) is 32.4 Å². The van der Waals surface area contributed by atoms with Gasteiger partial charge in [0.05, 0.1) is 35.2 Å². The Morgan fingerprint density at radius 3 is 2.69 bits per heavy atom. The van der Waals surface area contributed by atoms with E-state index in [1.165, 1.54) is 25.1 Å². The molecular formula is C25H26ClF5N6O5. The molecule has 17 heteroatoms. The molecule has 1 aliphatic heterocycles. The van der Waals surface area contributed by atoms with Crippen molar-refractivity contribution in [3.63, 3.8) is 0 Å².